The highest BCUT2D eigenvalue weighted by molar-refractivity contribution is 7.17. The lowest BCUT2D eigenvalue weighted by Gasteiger charge is -2.10. The number of rotatable bonds is 6. The zero-order valence-electron chi connectivity index (χ0n) is 14.9. The number of fused-ring (bicyclic) bond motifs is 1. The number of hydrogen-bond donors (Lipinski definition) is 1. The van der Waals surface area contributed by atoms with Gasteiger partial charge in [-0.15, -0.1) is 11.3 Å². The first-order valence-corrected chi connectivity index (χ1v) is 9.25. The molecule has 0 bridgehead atoms. The molecule has 0 fully saturated rings. The molecule has 25 heavy (non-hydrogen) atoms. The Hall–Kier alpha value is -2.34. The van der Waals surface area contributed by atoms with Crippen LogP contribution >= 0.6 is 11.3 Å². The molecule has 5 nitrogen and oxygen atoms in total. The van der Waals surface area contributed by atoms with Crippen molar-refractivity contribution >= 4 is 22.3 Å². The van der Waals surface area contributed by atoms with Gasteiger partial charge >= 0.3 is 5.97 Å². The first-order valence-electron chi connectivity index (χ1n) is 8.43. The summed E-state index contributed by atoms with van der Waals surface area (Å²) < 4.78 is 7.47. The smallest absolute Gasteiger partial charge is 0.354 e. The predicted octanol–water partition coefficient (Wildman–Crippen LogP) is 4.81. The highest BCUT2D eigenvalue weighted by atomic mass is 32.1. The number of aryl methyl sites for hydroxylation is 2. The van der Waals surface area contributed by atoms with E-state index in [0.717, 1.165) is 33.3 Å². The summed E-state index contributed by atoms with van der Waals surface area (Å²) in [6, 6.07) is 7.78. The molecule has 0 radical (unpaired) electrons. The van der Waals surface area contributed by atoms with Gasteiger partial charge in [-0.1, -0.05) is 13.3 Å². The number of hydrogen-bond acceptors (Lipinski definition) is 4. The van der Waals surface area contributed by atoms with Gasteiger partial charge in [0.1, 0.15) is 5.75 Å². The molecule has 1 aromatic carbocycles. The fourth-order valence-electron chi connectivity index (χ4n) is 2.99. The zero-order valence-corrected chi connectivity index (χ0v) is 15.7. The number of aromatic carboxylic acids is 1. The third-order valence-corrected chi connectivity index (χ3v) is 4.87. The maximum Gasteiger partial charge on any atom is 0.354 e. The molecule has 2 heterocycles. The molecular weight excluding hydrogens is 336 g/mol. The molecule has 0 aliphatic rings. The van der Waals surface area contributed by atoms with Crippen LogP contribution in [-0.4, -0.2) is 26.6 Å². The van der Waals surface area contributed by atoms with Crippen LogP contribution in [0.5, 0.6) is 5.75 Å². The van der Waals surface area contributed by atoms with E-state index in [-0.39, 0.29) is 11.8 Å². The first kappa shape index (κ1) is 17.5. The van der Waals surface area contributed by atoms with Gasteiger partial charge in [0.2, 0.25) is 0 Å². The summed E-state index contributed by atoms with van der Waals surface area (Å²) in [5.74, 6) is -0.131. The second kappa shape index (κ2) is 6.88. The summed E-state index contributed by atoms with van der Waals surface area (Å²) in [5, 5.41) is 9.73. The average molecular weight is 358 g/mol. The molecule has 3 aromatic rings. The fraction of sp³-hybridized carbons (Fsp3) is 0.368. The van der Waals surface area contributed by atoms with Crippen LogP contribution in [0, 0.1) is 6.92 Å². The topological polar surface area (TPSA) is 63.8 Å². The van der Waals surface area contributed by atoms with Crippen molar-refractivity contribution in [3.8, 4) is 17.0 Å². The van der Waals surface area contributed by atoms with Crippen molar-refractivity contribution < 1.29 is 14.6 Å². The minimum atomic E-state index is -0.935. The number of aromatic nitrogens is 2. The minimum Gasteiger partial charge on any atom is -0.491 e. The average Bonchev–Trinajstić information content (AvgIpc) is 3.02. The number of carbonyl (C=O) groups is 1. The van der Waals surface area contributed by atoms with E-state index in [1.54, 1.807) is 4.40 Å². The van der Waals surface area contributed by atoms with Crippen LogP contribution in [0.2, 0.25) is 0 Å². The minimum absolute atomic E-state index is 0.115. The van der Waals surface area contributed by atoms with Crippen molar-refractivity contribution in [1.29, 1.82) is 0 Å². The second-order valence-electron chi connectivity index (χ2n) is 6.28. The number of nitrogens with zero attached hydrogens (tertiary/aromatic N) is 2. The normalized spacial score (nSPS) is 11.4. The summed E-state index contributed by atoms with van der Waals surface area (Å²) in [4.78, 5) is 18.2. The van der Waals surface area contributed by atoms with Crippen molar-refractivity contribution in [2.75, 3.05) is 0 Å². The highest BCUT2D eigenvalue weighted by Gasteiger charge is 2.24. The van der Waals surface area contributed by atoms with E-state index in [0.29, 0.717) is 12.1 Å². The number of benzene rings is 1. The quantitative estimate of drug-likeness (QED) is 0.687. The van der Waals surface area contributed by atoms with Crippen molar-refractivity contribution in [3.05, 3.63) is 40.5 Å². The molecule has 6 heteroatoms. The molecule has 132 valence electrons. The van der Waals surface area contributed by atoms with Crippen molar-refractivity contribution in [1.82, 2.24) is 9.38 Å². The van der Waals surface area contributed by atoms with E-state index in [4.69, 9.17) is 4.74 Å². The lowest BCUT2D eigenvalue weighted by Crippen LogP contribution is -2.07. The van der Waals surface area contributed by atoms with Crippen LogP contribution in [0.25, 0.3) is 16.2 Å². The van der Waals surface area contributed by atoms with Gasteiger partial charge in [0, 0.05) is 4.88 Å². The summed E-state index contributed by atoms with van der Waals surface area (Å²) >= 11 is 1.52. The third kappa shape index (κ3) is 3.26. The van der Waals surface area contributed by atoms with Gasteiger partial charge in [0.05, 0.1) is 17.5 Å². The van der Waals surface area contributed by atoms with Crippen LogP contribution in [0.4, 0.5) is 0 Å². The Morgan fingerprint density at radius 3 is 2.56 bits per heavy atom. The predicted molar refractivity (Wildman–Crippen MR) is 100.0 cm³/mol. The van der Waals surface area contributed by atoms with Crippen LogP contribution in [0.1, 0.15) is 48.3 Å². The maximum absolute atomic E-state index is 11.9. The Morgan fingerprint density at radius 1 is 1.32 bits per heavy atom. The number of imidazole rings is 1. The Balaban J connectivity index is 2.15. The summed E-state index contributed by atoms with van der Waals surface area (Å²) in [7, 11) is 0. The van der Waals surface area contributed by atoms with E-state index in [2.05, 4.69) is 4.98 Å². The molecule has 1 N–H and O–H groups in total. The Kier molecular flexibility index (Phi) is 4.81. The molecular formula is C19H22N2O3S. The molecule has 0 aliphatic carbocycles. The van der Waals surface area contributed by atoms with Crippen LogP contribution in [-0.2, 0) is 6.42 Å². The van der Waals surface area contributed by atoms with Crippen molar-refractivity contribution in [2.24, 2.45) is 0 Å². The van der Waals surface area contributed by atoms with Gasteiger partial charge < -0.3 is 9.84 Å². The van der Waals surface area contributed by atoms with Gasteiger partial charge in [0.25, 0.3) is 0 Å². The number of carboxylic acid groups (broad SMARTS) is 1. The van der Waals surface area contributed by atoms with E-state index in [9.17, 15) is 9.90 Å². The number of thiazole rings is 1. The van der Waals surface area contributed by atoms with E-state index >= 15 is 0 Å². The Morgan fingerprint density at radius 2 is 2.00 bits per heavy atom. The molecule has 0 unspecified atom stereocenters. The molecule has 3 rings (SSSR count). The number of ether oxygens (including phenoxy) is 1. The molecule has 0 saturated heterocycles. The van der Waals surface area contributed by atoms with Crippen molar-refractivity contribution in [3.63, 3.8) is 0 Å². The zero-order chi connectivity index (χ0) is 18.1. The molecule has 2 aromatic heterocycles. The maximum atomic E-state index is 11.9. The Bertz CT molecular complexity index is 907. The second-order valence-corrected chi connectivity index (χ2v) is 7.46. The summed E-state index contributed by atoms with van der Waals surface area (Å²) in [6.07, 6.45) is 1.64. The van der Waals surface area contributed by atoms with Gasteiger partial charge in [-0.25, -0.2) is 9.78 Å². The molecule has 0 spiro atoms. The first-order chi connectivity index (χ1) is 11.9. The van der Waals surface area contributed by atoms with E-state index < -0.39 is 5.97 Å². The lowest BCUT2D eigenvalue weighted by atomic mass is 10.1. The Labute approximate surface area is 150 Å². The summed E-state index contributed by atoms with van der Waals surface area (Å²) in [6.45, 7) is 8.00. The molecule has 0 amide bonds. The van der Waals surface area contributed by atoms with Crippen LogP contribution < -0.4 is 4.74 Å². The SMILES string of the molecule is CCCc1nc2sc(C)c(-c3ccc(OC(C)C)cc3)n2c1C(=O)O. The fourth-order valence-corrected chi connectivity index (χ4v) is 4.00. The van der Waals surface area contributed by atoms with Gasteiger partial charge in [-0.05, 0) is 57.0 Å². The van der Waals surface area contributed by atoms with E-state index in [1.807, 2.05) is 52.0 Å². The molecule has 0 aliphatic heterocycles. The summed E-state index contributed by atoms with van der Waals surface area (Å²) in [5.41, 5.74) is 2.78. The van der Waals surface area contributed by atoms with Gasteiger partial charge in [-0.2, -0.15) is 0 Å². The van der Waals surface area contributed by atoms with E-state index in [1.165, 1.54) is 11.3 Å². The third-order valence-electron chi connectivity index (χ3n) is 3.91. The monoisotopic (exact) mass is 358 g/mol. The van der Waals surface area contributed by atoms with Gasteiger partial charge in [-0.3, -0.25) is 4.40 Å². The molecule has 0 atom stereocenters. The highest BCUT2D eigenvalue weighted by Crippen LogP contribution is 2.34. The largest absolute Gasteiger partial charge is 0.491 e. The van der Waals surface area contributed by atoms with Crippen LogP contribution in [0.15, 0.2) is 24.3 Å². The number of carboxylic acids is 1. The van der Waals surface area contributed by atoms with Crippen molar-refractivity contribution in [2.45, 2.75) is 46.6 Å². The van der Waals surface area contributed by atoms with Crippen LogP contribution in [0.3, 0.4) is 0 Å². The lowest BCUT2D eigenvalue weighted by molar-refractivity contribution is 0.0688. The standard InChI is InChI=1S/C19H22N2O3S/c1-5-6-15-17(18(22)23)21-16(12(4)25-19(21)20-15)13-7-9-14(10-8-13)24-11(2)3/h7-11H,5-6H2,1-4H3,(H,22,23). The van der Waals surface area contributed by atoms with Gasteiger partial charge in [0.15, 0.2) is 10.7 Å². The molecule has 0 saturated carbocycles.